The molecule has 0 saturated heterocycles. The number of aliphatic hydroxyl groups is 2. The zero-order valence-corrected chi connectivity index (χ0v) is 22.2. The highest BCUT2D eigenvalue weighted by Crippen LogP contribution is 2.32. The molecule has 0 aromatic rings. The van der Waals surface area contributed by atoms with Crippen molar-refractivity contribution in [2.75, 3.05) is 38.2 Å². The first-order chi connectivity index (χ1) is 15.9. The number of thioether (sulfide) groups is 1. The van der Waals surface area contributed by atoms with E-state index in [1.54, 1.807) is 13.8 Å². The number of carbonyl (C=O) groups is 3. The van der Waals surface area contributed by atoms with Gasteiger partial charge < -0.3 is 33.6 Å². The molecule has 0 spiro atoms. The van der Waals surface area contributed by atoms with Crippen molar-refractivity contribution in [3.63, 3.8) is 0 Å². The second-order valence-electron chi connectivity index (χ2n) is 9.14. The van der Waals surface area contributed by atoms with Crippen LogP contribution in [0.3, 0.4) is 0 Å². The van der Waals surface area contributed by atoms with Crippen molar-refractivity contribution in [2.24, 2.45) is 17.3 Å². The summed E-state index contributed by atoms with van der Waals surface area (Å²) in [4.78, 5) is 36.0. The Labute approximate surface area is 206 Å². The number of ether oxygens (including phenoxy) is 2. The third-order valence-electron chi connectivity index (χ3n) is 6.03. The number of carboxylic acids is 1. The number of aliphatic hydroxyl groups excluding tert-OH is 2. The van der Waals surface area contributed by atoms with E-state index in [0.29, 0.717) is 24.6 Å². The van der Waals surface area contributed by atoms with Gasteiger partial charge in [-0.05, 0) is 45.4 Å². The lowest BCUT2D eigenvalue weighted by atomic mass is 9.83. The molecule has 1 fully saturated rings. The lowest BCUT2D eigenvalue weighted by molar-refractivity contribution is -0.162. The number of esters is 2. The summed E-state index contributed by atoms with van der Waals surface area (Å²) in [5, 5.41) is 29.6. The lowest BCUT2D eigenvalue weighted by Gasteiger charge is -2.33. The summed E-state index contributed by atoms with van der Waals surface area (Å²) < 4.78 is 21.3. The molecule has 196 valence electrons. The van der Waals surface area contributed by atoms with Crippen molar-refractivity contribution >= 4 is 38.2 Å². The van der Waals surface area contributed by atoms with Gasteiger partial charge in [0.25, 0.3) is 0 Å². The van der Waals surface area contributed by atoms with E-state index in [1.807, 2.05) is 0 Å². The highest BCUT2D eigenvalue weighted by Gasteiger charge is 2.39. The second kappa shape index (κ2) is 14.2. The Balaban J connectivity index is 2.62. The second-order valence-corrected chi connectivity index (χ2v) is 14.0. The van der Waals surface area contributed by atoms with Crippen molar-refractivity contribution in [2.45, 2.75) is 51.7 Å². The molecule has 3 N–H and O–H groups in total. The van der Waals surface area contributed by atoms with E-state index >= 15 is 0 Å². The average Bonchev–Trinajstić information content (AvgIpc) is 2.81. The van der Waals surface area contributed by atoms with Crippen LogP contribution in [0.2, 0.25) is 0 Å². The predicted octanol–water partition coefficient (Wildman–Crippen LogP) is 1.44. The molecule has 34 heavy (non-hydrogen) atoms. The van der Waals surface area contributed by atoms with Crippen LogP contribution in [0.5, 0.6) is 0 Å². The van der Waals surface area contributed by atoms with Gasteiger partial charge in [0.1, 0.15) is 6.10 Å². The number of carbonyl (C=O) groups excluding carboxylic acids is 2. The molecule has 1 rings (SSSR count). The number of hydrogen-bond acceptors (Lipinski definition) is 10. The third kappa shape index (κ3) is 9.31. The molecular formula is C22H38O10SSi. The van der Waals surface area contributed by atoms with Gasteiger partial charge in [0.15, 0.2) is 0 Å². The van der Waals surface area contributed by atoms with Gasteiger partial charge in [-0.3, -0.25) is 9.59 Å². The number of rotatable bonds is 15. The van der Waals surface area contributed by atoms with Gasteiger partial charge in [0.05, 0.1) is 30.3 Å². The maximum atomic E-state index is 12.8. The summed E-state index contributed by atoms with van der Waals surface area (Å²) in [6.07, 6.45) is 0.800. The highest BCUT2D eigenvalue weighted by atomic mass is 32.2. The Morgan fingerprint density at radius 3 is 2.41 bits per heavy atom. The molecule has 0 aliphatic heterocycles. The van der Waals surface area contributed by atoms with E-state index in [4.69, 9.17) is 18.3 Å². The molecule has 0 aromatic carbocycles. The van der Waals surface area contributed by atoms with E-state index < -0.39 is 50.0 Å². The van der Waals surface area contributed by atoms with Crippen LogP contribution in [0.15, 0.2) is 12.7 Å². The van der Waals surface area contributed by atoms with Crippen LogP contribution in [0.1, 0.15) is 39.5 Å². The molecule has 0 heterocycles. The van der Waals surface area contributed by atoms with Crippen molar-refractivity contribution in [3.05, 3.63) is 12.7 Å². The standard InChI is InChI=1S/C22H38O10SSi/c1-6-19(25)32-18-9-15(7-8-17(18)24)11-31-21(28)22(2,3)10-16(20(26)27)12-33-14-34(13-23,29-4)30-5/h6,15-18,23-24H,1,7-14H2,2-5H3,(H,26,27). The molecule has 0 bridgehead atoms. The number of aliphatic carboxylic acids is 1. The molecule has 4 atom stereocenters. The van der Waals surface area contributed by atoms with Crippen molar-refractivity contribution in [3.8, 4) is 0 Å². The molecule has 1 saturated carbocycles. The van der Waals surface area contributed by atoms with E-state index in [9.17, 15) is 29.7 Å². The quantitative estimate of drug-likeness (QED) is 0.163. The maximum Gasteiger partial charge on any atom is 0.374 e. The molecule has 1 aliphatic rings. The minimum Gasteiger partial charge on any atom is -0.481 e. The van der Waals surface area contributed by atoms with Crippen LogP contribution in [0, 0.1) is 17.3 Å². The molecular weight excluding hydrogens is 484 g/mol. The Morgan fingerprint density at radius 2 is 1.88 bits per heavy atom. The fraction of sp³-hybridized carbons (Fsp3) is 0.773. The largest absolute Gasteiger partial charge is 0.481 e. The third-order valence-corrected chi connectivity index (χ3v) is 11.2. The van der Waals surface area contributed by atoms with Gasteiger partial charge in [0, 0.05) is 31.4 Å². The Kier molecular flexibility index (Phi) is 12.8. The number of carboxylic acid groups (broad SMARTS) is 1. The molecule has 4 unspecified atom stereocenters. The lowest BCUT2D eigenvalue weighted by Crippen LogP contribution is -2.48. The van der Waals surface area contributed by atoms with Crippen molar-refractivity contribution in [1.82, 2.24) is 0 Å². The molecule has 1 aliphatic carbocycles. The van der Waals surface area contributed by atoms with Crippen LogP contribution in [-0.2, 0) is 32.7 Å². The summed E-state index contributed by atoms with van der Waals surface area (Å²) in [5.74, 6) is -2.81. The van der Waals surface area contributed by atoms with Gasteiger partial charge in [-0.2, -0.15) is 11.8 Å². The Morgan fingerprint density at radius 1 is 1.24 bits per heavy atom. The van der Waals surface area contributed by atoms with Crippen LogP contribution in [0.25, 0.3) is 0 Å². The summed E-state index contributed by atoms with van der Waals surface area (Å²) in [7, 11) is 0.139. The Hall–Kier alpha value is -1.44. The zero-order valence-electron chi connectivity index (χ0n) is 20.4. The van der Waals surface area contributed by atoms with E-state index in [2.05, 4.69) is 6.58 Å². The van der Waals surface area contributed by atoms with E-state index in [-0.39, 0.29) is 30.9 Å². The van der Waals surface area contributed by atoms with Crippen LogP contribution in [-0.4, -0.2) is 92.2 Å². The van der Waals surface area contributed by atoms with Crippen molar-refractivity contribution < 1.29 is 48.0 Å². The van der Waals surface area contributed by atoms with Gasteiger partial charge >= 0.3 is 26.5 Å². The fourth-order valence-corrected chi connectivity index (χ4v) is 7.70. The molecule has 0 radical (unpaired) electrons. The SMILES string of the molecule is C=CC(=O)OC1CC(COC(=O)C(C)(C)CC(CSC[Si](CO)(OC)OC)C(=O)O)CCC1O. The van der Waals surface area contributed by atoms with Crippen LogP contribution in [0.4, 0.5) is 0 Å². The zero-order chi connectivity index (χ0) is 25.9. The Bertz CT molecular complexity index is 689. The molecule has 0 aromatic heterocycles. The van der Waals surface area contributed by atoms with E-state index in [1.165, 1.54) is 26.0 Å². The average molecular weight is 523 g/mol. The molecule has 0 amide bonds. The van der Waals surface area contributed by atoms with Gasteiger partial charge in [-0.1, -0.05) is 6.58 Å². The first kappa shape index (κ1) is 30.6. The summed E-state index contributed by atoms with van der Waals surface area (Å²) in [5.41, 5.74) is -1.04. The first-order valence-electron chi connectivity index (χ1n) is 11.1. The normalized spacial score (nSPS) is 22.0. The smallest absolute Gasteiger partial charge is 0.374 e. The van der Waals surface area contributed by atoms with Crippen LogP contribution >= 0.6 is 11.8 Å². The minimum atomic E-state index is -2.78. The summed E-state index contributed by atoms with van der Waals surface area (Å²) >= 11 is 1.31. The highest BCUT2D eigenvalue weighted by molar-refractivity contribution is 8.00. The topological polar surface area (TPSA) is 149 Å². The summed E-state index contributed by atoms with van der Waals surface area (Å²) in [6, 6.07) is 0. The number of hydrogen-bond donors (Lipinski definition) is 3. The van der Waals surface area contributed by atoms with Crippen LogP contribution < -0.4 is 0 Å². The van der Waals surface area contributed by atoms with E-state index in [0.717, 1.165) is 6.08 Å². The van der Waals surface area contributed by atoms with Gasteiger partial charge in [0.2, 0.25) is 0 Å². The summed E-state index contributed by atoms with van der Waals surface area (Å²) in [6.45, 7) is 6.73. The first-order valence-corrected chi connectivity index (χ1v) is 14.5. The fourth-order valence-electron chi connectivity index (χ4n) is 3.71. The van der Waals surface area contributed by atoms with Gasteiger partial charge in [-0.25, -0.2) is 4.79 Å². The molecule has 12 heteroatoms. The minimum absolute atomic E-state index is 0.0742. The molecule has 10 nitrogen and oxygen atoms in total. The monoisotopic (exact) mass is 522 g/mol. The predicted molar refractivity (Wildman–Crippen MR) is 128 cm³/mol. The van der Waals surface area contributed by atoms with Crippen molar-refractivity contribution in [1.29, 1.82) is 0 Å². The van der Waals surface area contributed by atoms with Gasteiger partial charge in [-0.15, -0.1) is 0 Å². The maximum absolute atomic E-state index is 12.8.